The van der Waals surface area contributed by atoms with Crippen LogP contribution >= 0.6 is 45.7 Å². The summed E-state index contributed by atoms with van der Waals surface area (Å²) in [6, 6.07) is 29.1. The minimum Gasteiger partial charge on any atom is -0.477 e. The summed E-state index contributed by atoms with van der Waals surface area (Å²) in [4.78, 5) is 50.1. The number of rotatable bonds is 12. The van der Waals surface area contributed by atoms with Crippen molar-refractivity contribution in [1.82, 2.24) is 15.2 Å². The van der Waals surface area contributed by atoms with Gasteiger partial charge in [0, 0.05) is 15.6 Å². The summed E-state index contributed by atoms with van der Waals surface area (Å²) in [6.07, 6.45) is 5.36. The van der Waals surface area contributed by atoms with Crippen LogP contribution in [-0.2, 0) is 24.8 Å². The van der Waals surface area contributed by atoms with Crippen LogP contribution in [0.5, 0.6) is 0 Å². The number of aliphatic carboxylic acids is 1. The van der Waals surface area contributed by atoms with Gasteiger partial charge in [0.15, 0.2) is 17.5 Å². The summed E-state index contributed by atoms with van der Waals surface area (Å²) in [7, 11) is 0. The highest BCUT2D eigenvalue weighted by Crippen LogP contribution is 2.42. The molecule has 242 valence electrons. The Morgan fingerprint density at radius 2 is 1.62 bits per heavy atom. The molecule has 13 heteroatoms. The Hall–Kier alpha value is -4.65. The number of hydrogen-bond donors (Lipinski definition) is 3. The van der Waals surface area contributed by atoms with Crippen molar-refractivity contribution in [2.45, 2.75) is 17.0 Å². The quantitative estimate of drug-likeness (QED) is 0.0265. The van der Waals surface area contributed by atoms with Crippen molar-refractivity contribution in [3.63, 3.8) is 0 Å². The Kier molecular flexibility index (Phi) is 10.1. The minimum atomic E-state index is -1.17. The fraction of sp³-hybridized carbons (Fsp3) is 0.171. The molecule has 1 saturated heterocycles. The third kappa shape index (κ3) is 6.30. The Balaban J connectivity index is 1.33. The maximum Gasteiger partial charge on any atom is 0.352 e. The largest absolute Gasteiger partial charge is 0.477 e. The summed E-state index contributed by atoms with van der Waals surface area (Å²) >= 11 is 4.76. The molecular formula is C35H28IN5O5S2. The second-order valence-electron chi connectivity index (χ2n) is 10.7. The standard InChI is InChI=1S/C35H28IN5O5S2/c1-2-18-46-40-27(30(42)38-28-31(43)41-29(33(44)45)22(19-36)20-47-32(28)41)26-21-48-34(37-26)39-35(23-12-6-3-7-13-23,24-14-8-4-9-15-24)25-16-10-5-11-17-25/h1,3-17,21,28,32H,18-20H2,(H,37,39)(H,38,42)(H,44,45)/t28-,32+/m1/s1. The zero-order chi connectivity index (χ0) is 33.7. The van der Waals surface area contributed by atoms with Crippen LogP contribution in [0.2, 0.25) is 0 Å². The van der Waals surface area contributed by atoms with Gasteiger partial charge in [-0.15, -0.1) is 29.5 Å². The van der Waals surface area contributed by atoms with Crippen molar-refractivity contribution in [2.75, 3.05) is 22.1 Å². The first-order chi connectivity index (χ1) is 23.4. The number of β-lactam (4-membered cyclic amide) rings is 1. The number of terminal acetylenes is 1. The average molecular weight is 790 g/mol. The molecule has 0 aliphatic carbocycles. The van der Waals surface area contributed by atoms with Crippen LogP contribution in [0.1, 0.15) is 22.4 Å². The SMILES string of the molecule is C#CCON=C(C(=O)N[C@@H]1C(=O)N2C(C(=O)O)=C(CI)CS[C@@H]12)c1csc(NC(c2ccccc2)(c2ccccc2)c2ccccc2)n1. The molecule has 3 aromatic carbocycles. The number of halogens is 1. The fourth-order valence-electron chi connectivity index (χ4n) is 5.72. The third-order valence-corrected chi connectivity index (χ3v) is 10.9. The van der Waals surface area contributed by atoms with E-state index in [-0.39, 0.29) is 23.7 Å². The number of benzene rings is 3. The van der Waals surface area contributed by atoms with Gasteiger partial charge in [-0.25, -0.2) is 9.78 Å². The summed E-state index contributed by atoms with van der Waals surface area (Å²) in [5.41, 5.74) is 2.73. The molecule has 2 aliphatic rings. The van der Waals surface area contributed by atoms with E-state index in [2.05, 4.69) is 44.3 Å². The minimum absolute atomic E-state index is 0.0242. The highest BCUT2D eigenvalue weighted by molar-refractivity contribution is 14.1. The van der Waals surface area contributed by atoms with Crippen LogP contribution in [0, 0.1) is 12.3 Å². The molecule has 2 amide bonds. The first kappa shape index (κ1) is 33.3. The molecule has 48 heavy (non-hydrogen) atoms. The van der Waals surface area contributed by atoms with Crippen molar-refractivity contribution < 1.29 is 24.3 Å². The van der Waals surface area contributed by atoms with Crippen molar-refractivity contribution in [3.05, 3.63) is 130 Å². The normalized spacial score (nSPS) is 17.5. The fourth-order valence-corrected chi connectivity index (χ4v) is 8.81. The van der Waals surface area contributed by atoms with Crippen molar-refractivity contribution >= 4 is 74.3 Å². The number of anilines is 1. The molecule has 2 aliphatic heterocycles. The molecule has 1 fully saturated rings. The zero-order valence-corrected chi connectivity index (χ0v) is 29.0. The lowest BCUT2D eigenvalue weighted by Crippen LogP contribution is -2.71. The van der Waals surface area contributed by atoms with Gasteiger partial charge < -0.3 is 20.6 Å². The first-order valence-electron chi connectivity index (χ1n) is 14.7. The molecule has 1 aromatic heterocycles. The van der Waals surface area contributed by atoms with Crippen LogP contribution in [0.15, 0.2) is 113 Å². The van der Waals surface area contributed by atoms with Crippen LogP contribution in [0.3, 0.4) is 0 Å². The third-order valence-electron chi connectivity index (χ3n) is 7.88. The number of thioether (sulfide) groups is 1. The summed E-state index contributed by atoms with van der Waals surface area (Å²) in [5, 5.41) is 21.8. The number of oxime groups is 1. The van der Waals surface area contributed by atoms with Gasteiger partial charge in [0.25, 0.3) is 11.8 Å². The lowest BCUT2D eigenvalue weighted by atomic mass is 9.77. The van der Waals surface area contributed by atoms with E-state index < -0.39 is 34.7 Å². The number of carboxylic acid groups (broad SMARTS) is 1. The van der Waals surface area contributed by atoms with E-state index in [0.717, 1.165) is 16.7 Å². The number of thiazole rings is 1. The number of hydrogen-bond acceptors (Lipinski definition) is 9. The summed E-state index contributed by atoms with van der Waals surface area (Å²) in [5.74, 6) is 0.368. The average Bonchev–Trinajstić information content (AvgIpc) is 3.59. The molecule has 0 spiro atoms. The van der Waals surface area contributed by atoms with Gasteiger partial charge in [0.05, 0.1) is 0 Å². The molecule has 6 rings (SSSR count). The molecule has 3 heterocycles. The van der Waals surface area contributed by atoms with E-state index in [4.69, 9.17) is 16.2 Å². The number of carboxylic acids is 1. The van der Waals surface area contributed by atoms with Crippen molar-refractivity contribution in [1.29, 1.82) is 0 Å². The number of amides is 2. The van der Waals surface area contributed by atoms with E-state index in [1.165, 1.54) is 28.0 Å². The smallest absolute Gasteiger partial charge is 0.352 e. The Bertz CT molecular complexity index is 1830. The van der Waals surface area contributed by atoms with E-state index in [0.29, 0.717) is 20.9 Å². The molecule has 10 nitrogen and oxygen atoms in total. The number of nitrogens with zero attached hydrogens (tertiary/aromatic N) is 3. The molecule has 2 atom stereocenters. The van der Waals surface area contributed by atoms with Gasteiger partial charge in [-0.1, -0.05) is 125 Å². The van der Waals surface area contributed by atoms with Crippen LogP contribution in [0.4, 0.5) is 5.13 Å². The molecule has 4 aromatic rings. The van der Waals surface area contributed by atoms with Gasteiger partial charge >= 0.3 is 5.97 Å². The van der Waals surface area contributed by atoms with Crippen LogP contribution < -0.4 is 10.6 Å². The zero-order valence-electron chi connectivity index (χ0n) is 25.2. The molecule has 3 N–H and O–H groups in total. The highest BCUT2D eigenvalue weighted by Gasteiger charge is 2.54. The van der Waals surface area contributed by atoms with E-state index >= 15 is 0 Å². The molecule has 0 radical (unpaired) electrons. The summed E-state index contributed by atoms with van der Waals surface area (Å²) < 4.78 is 0.476. The molecular weight excluding hydrogens is 761 g/mol. The van der Waals surface area contributed by atoms with E-state index in [1.807, 2.05) is 91.0 Å². The van der Waals surface area contributed by atoms with Crippen LogP contribution in [0.25, 0.3) is 0 Å². The van der Waals surface area contributed by atoms with E-state index in [9.17, 15) is 19.5 Å². The summed E-state index contributed by atoms with van der Waals surface area (Å²) in [6.45, 7) is -0.189. The monoisotopic (exact) mass is 789 g/mol. The van der Waals surface area contributed by atoms with Gasteiger partial charge in [-0.3, -0.25) is 14.5 Å². The van der Waals surface area contributed by atoms with Gasteiger partial charge in [0.1, 0.15) is 28.3 Å². The predicted octanol–water partition coefficient (Wildman–Crippen LogP) is 5.07. The van der Waals surface area contributed by atoms with Crippen molar-refractivity contribution in [3.8, 4) is 12.3 Å². The number of aromatic nitrogens is 1. The van der Waals surface area contributed by atoms with Gasteiger partial charge in [-0.05, 0) is 22.3 Å². The highest BCUT2D eigenvalue weighted by atomic mass is 127. The van der Waals surface area contributed by atoms with Crippen molar-refractivity contribution in [2.24, 2.45) is 5.16 Å². The molecule has 0 bridgehead atoms. The Labute approximate surface area is 298 Å². The number of nitrogens with one attached hydrogen (secondary N) is 2. The Morgan fingerprint density at radius 3 is 2.15 bits per heavy atom. The topological polar surface area (TPSA) is 133 Å². The maximum atomic E-state index is 13.7. The number of carbonyl (C=O) groups is 3. The molecule has 0 saturated carbocycles. The number of carbonyl (C=O) groups excluding carboxylic acids is 2. The number of fused-ring (bicyclic) bond motifs is 1. The second kappa shape index (κ2) is 14.6. The lowest BCUT2D eigenvalue weighted by Gasteiger charge is -2.49. The predicted molar refractivity (Wildman–Crippen MR) is 195 cm³/mol. The Morgan fingerprint density at radius 1 is 1.04 bits per heavy atom. The first-order valence-corrected chi connectivity index (χ1v) is 18.1. The van der Waals surface area contributed by atoms with E-state index in [1.54, 1.807) is 5.38 Å². The van der Waals surface area contributed by atoms with Gasteiger partial charge in [0.2, 0.25) is 0 Å². The van der Waals surface area contributed by atoms with Gasteiger partial charge in [-0.2, -0.15) is 0 Å². The van der Waals surface area contributed by atoms with Crippen LogP contribution in [-0.4, -0.2) is 66.7 Å². The maximum absolute atomic E-state index is 13.7. The lowest BCUT2D eigenvalue weighted by molar-refractivity contribution is -0.150. The number of alkyl halides is 1. The second-order valence-corrected chi connectivity index (χ2v) is 13.4. The molecule has 0 unspecified atom stereocenters.